The van der Waals surface area contributed by atoms with Crippen LogP contribution in [0.25, 0.3) is 0 Å². The number of carbonyl (C=O) groups excluding carboxylic acids is 1. The summed E-state index contributed by atoms with van der Waals surface area (Å²) in [5.41, 5.74) is 5.70. The summed E-state index contributed by atoms with van der Waals surface area (Å²) in [7, 11) is 0. The summed E-state index contributed by atoms with van der Waals surface area (Å²) in [4.78, 5) is 14.9. The quantitative estimate of drug-likeness (QED) is 0.753. The molecule has 1 amide bonds. The van der Waals surface area contributed by atoms with Crippen molar-refractivity contribution in [3.8, 4) is 0 Å². The first-order valence-corrected chi connectivity index (χ1v) is 7.25. The lowest BCUT2D eigenvalue weighted by molar-refractivity contribution is -0.139. The van der Waals surface area contributed by atoms with Crippen LogP contribution in [0, 0.1) is 5.92 Å². The van der Waals surface area contributed by atoms with Gasteiger partial charge in [-0.15, -0.1) is 0 Å². The van der Waals surface area contributed by atoms with Gasteiger partial charge >= 0.3 is 0 Å². The zero-order valence-corrected chi connectivity index (χ0v) is 11.7. The van der Waals surface area contributed by atoms with Gasteiger partial charge in [-0.1, -0.05) is 25.6 Å². The van der Waals surface area contributed by atoms with Gasteiger partial charge in [0, 0.05) is 12.1 Å². The van der Waals surface area contributed by atoms with E-state index in [1.54, 1.807) is 0 Å². The highest BCUT2D eigenvalue weighted by molar-refractivity contribution is 7.80. The number of piperidine rings is 1. The van der Waals surface area contributed by atoms with Crippen LogP contribution in [0.15, 0.2) is 0 Å². The van der Waals surface area contributed by atoms with Crippen molar-refractivity contribution in [1.82, 2.24) is 4.90 Å². The van der Waals surface area contributed by atoms with E-state index >= 15 is 0 Å². The summed E-state index contributed by atoms with van der Waals surface area (Å²) >= 11 is 5.03. The molecule has 102 valence electrons. The number of amides is 1. The van der Waals surface area contributed by atoms with Crippen molar-refractivity contribution >= 4 is 23.1 Å². The molecule has 3 unspecified atom stereocenters. The minimum absolute atomic E-state index is 0.0868. The second kappa shape index (κ2) is 5.53. The standard InChI is InChI=1S/C13H22N2O2S/c1-2-3-11(12(14)18)13(17)15-8-4-5-9(15)7-10(16)6-8/h8-11,16H,2-7H2,1H3,(H2,14,18). The maximum atomic E-state index is 12.6. The molecule has 2 fully saturated rings. The molecule has 2 bridgehead atoms. The summed E-state index contributed by atoms with van der Waals surface area (Å²) < 4.78 is 0. The third-order valence-corrected chi connectivity index (χ3v) is 4.47. The number of thiocarbonyl (C=S) groups is 1. The Labute approximate surface area is 114 Å². The SMILES string of the molecule is CCCC(C(=O)N1C2CCC1CC(O)C2)C(N)=S. The van der Waals surface area contributed by atoms with Crippen molar-refractivity contribution in [3.05, 3.63) is 0 Å². The monoisotopic (exact) mass is 270 g/mol. The first-order valence-electron chi connectivity index (χ1n) is 6.84. The van der Waals surface area contributed by atoms with Crippen molar-refractivity contribution in [1.29, 1.82) is 0 Å². The Hall–Kier alpha value is -0.680. The molecule has 0 aromatic heterocycles. The van der Waals surface area contributed by atoms with E-state index in [1.165, 1.54) is 0 Å². The number of hydrogen-bond donors (Lipinski definition) is 2. The number of nitrogens with zero attached hydrogens (tertiary/aromatic N) is 1. The number of nitrogens with two attached hydrogens (primary N) is 1. The average molecular weight is 270 g/mol. The van der Waals surface area contributed by atoms with Crippen molar-refractivity contribution in [2.75, 3.05) is 0 Å². The minimum atomic E-state index is -0.316. The van der Waals surface area contributed by atoms with Crippen LogP contribution in [-0.2, 0) is 4.79 Å². The Morgan fingerprint density at radius 1 is 1.44 bits per heavy atom. The lowest BCUT2D eigenvalue weighted by Crippen LogP contribution is -2.51. The topological polar surface area (TPSA) is 66.6 Å². The van der Waals surface area contributed by atoms with Gasteiger partial charge in [-0.05, 0) is 32.1 Å². The van der Waals surface area contributed by atoms with Gasteiger partial charge in [0.2, 0.25) is 5.91 Å². The van der Waals surface area contributed by atoms with E-state index in [0.717, 1.165) is 25.7 Å². The van der Waals surface area contributed by atoms with Gasteiger partial charge in [-0.3, -0.25) is 4.79 Å². The van der Waals surface area contributed by atoms with Crippen molar-refractivity contribution in [2.45, 2.75) is 63.6 Å². The van der Waals surface area contributed by atoms with Gasteiger partial charge in [0.1, 0.15) is 0 Å². The molecule has 2 heterocycles. The second-order valence-corrected chi connectivity index (χ2v) is 5.97. The molecule has 0 saturated carbocycles. The van der Waals surface area contributed by atoms with Crippen molar-refractivity contribution in [3.63, 3.8) is 0 Å². The Morgan fingerprint density at radius 3 is 2.44 bits per heavy atom. The number of hydrogen-bond acceptors (Lipinski definition) is 3. The maximum absolute atomic E-state index is 12.6. The fourth-order valence-corrected chi connectivity index (χ4v) is 3.58. The van der Waals surface area contributed by atoms with Crippen LogP contribution in [0.2, 0.25) is 0 Å². The molecule has 3 atom stereocenters. The van der Waals surface area contributed by atoms with E-state index in [9.17, 15) is 9.90 Å². The third-order valence-electron chi connectivity index (χ3n) is 4.18. The maximum Gasteiger partial charge on any atom is 0.233 e. The summed E-state index contributed by atoms with van der Waals surface area (Å²) in [6.07, 6.45) is 4.80. The Morgan fingerprint density at radius 2 is 2.00 bits per heavy atom. The molecule has 4 nitrogen and oxygen atoms in total. The molecule has 3 N–H and O–H groups in total. The van der Waals surface area contributed by atoms with Gasteiger partial charge in [0.15, 0.2) is 0 Å². The van der Waals surface area contributed by atoms with Gasteiger partial charge in [0.25, 0.3) is 0 Å². The molecular formula is C13H22N2O2S. The predicted molar refractivity (Wildman–Crippen MR) is 74.1 cm³/mol. The van der Waals surface area contributed by atoms with Gasteiger partial charge < -0.3 is 15.7 Å². The second-order valence-electron chi connectivity index (χ2n) is 5.50. The normalized spacial score (nSPS) is 32.3. The van der Waals surface area contributed by atoms with Gasteiger partial charge in [0.05, 0.1) is 17.0 Å². The van der Waals surface area contributed by atoms with Crippen LogP contribution in [0.4, 0.5) is 0 Å². The van der Waals surface area contributed by atoms with Gasteiger partial charge in [-0.2, -0.15) is 0 Å². The molecule has 5 heteroatoms. The summed E-state index contributed by atoms with van der Waals surface area (Å²) in [6, 6.07) is 0.389. The number of rotatable bonds is 4. The Balaban J connectivity index is 2.11. The average Bonchev–Trinajstić information content (AvgIpc) is 2.57. The molecule has 2 rings (SSSR count). The van der Waals surface area contributed by atoms with E-state index in [1.807, 2.05) is 11.8 Å². The Kier molecular flexibility index (Phi) is 4.22. The van der Waals surface area contributed by atoms with E-state index in [0.29, 0.717) is 17.8 Å². The lowest BCUT2D eigenvalue weighted by atomic mass is 9.95. The van der Waals surface area contributed by atoms with E-state index in [4.69, 9.17) is 18.0 Å². The largest absolute Gasteiger partial charge is 0.393 e. The molecule has 0 aliphatic carbocycles. The Bertz CT molecular complexity index is 334. The van der Waals surface area contributed by atoms with Crippen LogP contribution in [0.5, 0.6) is 0 Å². The number of aliphatic hydroxyl groups excluding tert-OH is 1. The lowest BCUT2D eigenvalue weighted by Gasteiger charge is -2.39. The highest BCUT2D eigenvalue weighted by atomic mass is 32.1. The van der Waals surface area contributed by atoms with Crippen molar-refractivity contribution in [2.24, 2.45) is 11.7 Å². The van der Waals surface area contributed by atoms with Crippen LogP contribution < -0.4 is 5.73 Å². The van der Waals surface area contributed by atoms with E-state index in [2.05, 4.69) is 0 Å². The van der Waals surface area contributed by atoms with Crippen LogP contribution >= 0.6 is 12.2 Å². The molecule has 0 spiro atoms. The summed E-state index contributed by atoms with van der Waals surface area (Å²) in [6.45, 7) is 2.03. The molecule has 0 aromatic rings. The molecule has 0 aromatic carbocycles. The molecule has 2 aliphatic heterocycles. The molecule has 2 saturated heterocycles. The highest BCUT2D eigenvalue weighted by Gasteiger charge is 2.44. The smallest absolute Gasteiger partial charge is 0.233 e. The summed E-state index contributed by atoms with van der Waals surface area (Å²) in [5.74, 6) is -0.230. The fraction of sp³-hybridized carbons (Fsp3) is 0.846. The molecule has 0 radical (unpaired) electrons. The highest BCUT2D eigenvalue weighted by Crippen LogP contribution is 2.37. The number of fused-ring (bicyclic) bond motifs is 2. The van der Waals surface area contributed by atoms with E-state index in [-0.39, 0.29) is 30.0 Å². The zero-order chi connectivity index (χ0) is 13.3. The first kappa shape index (κ1) is 13.7. The third kappa shape index (κ3) is 2.52. The molecular weight excluding hydrogens is 248 g/mol. The number of aliphatic hydroxyl groups is 1. The van der Waals surface area contributed by atoms with E-state index < -0.39 is 0 Å². The van der Waals surface area contributed by atoms with Crippen LogP contribution in [-0.4, -0.2) is 39.1 Å². The minimum Gasteiger partial charge on any atom is -0.393 e. The molecule has 18 heavy (non-hydrogen) atoms. The van der Waals surface area contributed by atoms with Crippen molar-refractivity contribution < 1.29 is 9.90 Å². The van der Waals surface area contributed by atoms with Crippen LogP contribution in [0.3, 0.4) is 0 Å². The van der Waals surface area contributed by atoms with Gasteiger partial charge in [-0.25, -0.2) is 0 Å². The summed E-state index contributed by atoms with van der Waals surface area (Å²) in [5, 5.41) is 9.75. The fourth-order valence-electron chi connectivity index (χ4n) is 3.36. The molecule has 2 aliphatic rings. The first-order chi connectivity index (χ1) is 8.54. The zero-order valence-electron chi connectivity index (χ0n) is 10.8. The van der Waals surface area contributed by atoms with Crippen LogP contribution in [0.1, 0.15) is 45.4 Å². The predicted octanol–water partition coefficient (Wildman–Crippen LogP) is 1.20. The number of carbonyl (C=O) groups is 1.